The van der Waals surface area contributed by atoms with Gasteiger partial charge in [0.05, 0.1) is 17.0 Å². The van der Waals surface area contributed by atoms with Crippen LogP contribution in [-0.2, 0) is 20.0 Å². The number of fused-ring (bicyclic) bond motifs is 1. The second-order valence-electron chi connectivity index (χ2n) is 10.9. The maximum Gasteiger partial charge on any atom is 0.244 e. The maximum absolute atomic E-state index is 13.7. The third-order valence-electron chi connectivity index (χ3n) is 7.87. The predicted octanol–water partition coefficient (Wildman–Crippen LogP) is 3.10. The molecule has 2 fully saturated rings. The van der Waals surface area contributed by atoms with Crippen molar-refractivity contribution in [1.29, 1.82) is 0 Å². The number of carbonyl (C=O) groups excluding carboxylic acids is 1. The molecule has 194 valence electrons. The van der Waals surface area contributed by atoms with Gasteiger partial charge in [0.25, 0.3) is 0 Å². The molecular weight excluding hydrogens is 507 g/mol. The lowest BCUT2D eigenvalue weighted by molar-refractivity contribution is -0.137. The second-order valence-corrected chi connectivity index (χ2v) is 13.9. The summed E-state index contributed by atoms with van der Waals surface area (Å²) in [5.41, 5.74) is 0.595. The lowest BCUT2D eigenvalue weighted by atomic mass is 9.87. The molecule has 3 aliphatic rings. The summed E-state index contributed by atoms with van der Waals surface area (Å²) in [6, 6.07) is 1.19. The van der Waals surface area contributed by atoms with E-state index in [0.717, 1.165) is 17.6 Å². The first-order chi connectivity index (χ1) is 16.8. The van der Waals surface area contributed by atoms with Crippen molar-refractivity contribution >= 4 is 44.8 Å². The Labute approximate surface area is 215 Å². The van der Waals surface area contributed by atoms with Crippen LogP contribution in [0.3, 0.4) is 0 Å². The van der Waals surface area contributed by atoms with E-state index in [1.54, 1.807) is 11.8 Å². The van der Waals surface area contributed by atoms with Crippen LogP contribution in [0.15, 0.2) is 18.6 Å². The monoisotopic (exact) mass is 536 g/mol. The molecule has 0 bridgehead atoms. The molecule has 3 atom stereocenters. The highest BCUT2D eigenvalue weighted by molar-refractivity contribution is 7.95. The first kappa shape index (κ1) is 25.1. The zero-order chi connectivity index (χ0) is 26.2. The number of sulfone groups is 1. The second kappa shape index (κ2) is 8.24. The summed E-state index contributed by atoms with van der Waals surface area (Å²) in [4.78, 5) is 32.6. The van der Waals surface area contributed by atoms with E-state index in [1.165, 1.54) is 12.4 Å². The molecule has 0 aromatic carbocycles. The molecule has 0 aliphatic carbocycles. The normalized spacial score (nSPS) is 28.6. The number of nitrogens with zero attached hydrogens (tertiary/aromatic N) is 6. The minimum atomic E-state index is -3.41. The van der Waals surface area contributed by atoms with Crippen molar-refractivity contribution in [2.75, 3.05) is 35.2 Å². The number of anilines is 3. The van der Waals surface area contributed by atoms with Gasteiger partial charge in [0.1, 0.15) is 28.5 Å². The summed E-state index contributed by atoms with van der Waals surface area (Å²) in [5.74, 6) is 1.13. The van der Waals surface area contributed by atoms with Crippen molar-refractivity contribution < 1.29 is 17.6 Å². The molecule has 0 N–H and O–H groups in total. The number of amides is 1. The molecular formula is C24H30ClFN6O3S. The number of piperazine rings is 1. The van der Waals surface area contributed by atoms with Gasteiger partial charge < -0.3 is 14.7 Å². The fraction of sp³-hybridized carbons (Fsp3) is 0.583. The van der Waals surface area contributed by atoms with Gasteiger partial charge in [0.15, 0.2) is 15.7 Å². The third-order valence-corrected chi connectivity index (χ3v) is 10.7. The highest BCUT2D eigenvalue weighted by Gasteiger charge is 2.57. The Kier molecular flexibility index (Phi) is 5.75. The van der Waals surface area contributed by atoms with Crippen molar-refractivity contribution in [2.45, 2.75) is 63.3 Å². The number of aromatic nitrogens is 3. The number of hydrogen-bond acceptors (Lipinski definition) is 8. The number of halogens is 2. The summed E-state index contributed by atoms with van der Waals surface area (Å²) in [6.07, 6.45) is 2.97. The minimum absolute atomic E-state index is 0.00838. The van der Waals surface area contributed by atoms with Gasteiger partial charge in [-0.15, -0.1) is 0 Å². The molecule has 2 aromatic heterocycles. The number of hydrogen-bond donors (Lipinski definition) is 0. The first-order valence-electron chi connectivity index (χ1n) is 12.0. The molecule has 5 heterocycles. The van der Waals surface area contributed by atoms with E-state index < -0.39 is 20.4 Å². The summed E-state index contributed by atoms with van der Waals surface area (Å²) < 4.78 is 37.2. The van der Waals surface area contributed by atoms with Crippen LogP contribution >= 0.6 is 11.6 Å². The highest BCUT2D eigenvalue weighted by Crippen LogP contribution is 2.47. The first-order valence-corrected chi connectivity index (χ1v) is 14.0. The Hall–Kier alpha value is -2.53. The van der Waals surface area contributed by atoms with Gasteiger partial charge in [-0.1, -0.05) is 25.4 Å². The zero-order valence-corrected chi connectivity index (χ0v) is 22.6. The van der Waals surface area contributed by atoms with Crippen LogP contribution in [0, 0.1) is 5.82 Å². The van der Waals surface area contributed by atoms with Crippen LogP contribution in [0.4, 0.5) is 21.8 Å². The summed E-state index contributed by atoms with van der Waals surface area (Å²) in [7, 11) is -3.41. The Morgan fingerprint density at radius 2 is 1.81 bits per heavy atom. The van der Waals surface area contributed by atoms with Crippen LogP contribution in [0.2, 0.25) is 5.02 Å². The highest BCUT2D eigenvalue weighted by atomic mass is 35.5. The lowest BCUT2D eigenvalue weighted by Gasteiger charge is -2.49. The van der Waals surface area contributed by atoms with Crippen LogP contribution in [0.25, 0.3) is 0 Å². The molecule has 0 saturated carbocycles. The fourth-order valence-electron chi connectivity index (χ4n) is 5.51. The smallest absolute Gasteiger partial charge is 0.244 e. The average Bonchev–Trinajstić information content (AvgIpc) is 3.11. The molecule has 0 radical (unpaired) electrons. The predicted molar refractivity (Wildman–Crippen MR) is 136 cm³/mol. The van der Waals surface area contributed by atoms with E-state index in [0.29, 0.717) is 37.7 Å². The third kappa shape index (κ3) is 3.65. The van der Waals surface area contributed by atoms with E-state index in [4.69, 9.17) is 11.6 Å². The molecule has 9 nitrogen and oxygen atoms in total. The van der Waals surface area contributed by atoms with Crippen LogP contribution in [0.5, 0.6) is 0 Å². The molecule has 2 saturated heterocycles. The topological polar surface area (TPSA) is 99.6 Å². The summed E-state index contributed by atoms with van der Waals surface area (Å²) in [6.45, 7) is 11.1. The number of pyridine rings is 1. The molecule has 36 heavy (non-hydrogen) atoms. The Bertz CT molecular complexity index is 1360. The standard InChI is InChI=1S/C24H30ClFN6O3S/c1-14-11-31(22(33)24(5)6-7-36(24,34)35)15(2)10-30(14)20-19-21(29-13-28-20)32(12-23(19,3)4)18-8-16(25)17(26)9-27-18/h8-9,13-15H,6-7,10-12H2,1-5H3/t14-,15+,24?/m0/s1. The Balaban J connectivity index is 1.47. The van der Waals surface area contributed by atoms with Gasteiger partial charge in [-0.3, -0.25) is 4.79 Å². The van der Waals surface area contributed by atoms with Gasteiger partial charge in [-0.2, -0.15) is 0 Å². The molecule has 2 aromatic rings. The van der Waals surface area contributed by atoms with Gasteiger partial charge in [-0.05, 0) is 27.2 Å². The SMILES string of the molecule is C[C@@H]1CN(c2ncnc3c2C(C)(C)CN3c2cc(Cl)c(F)cn2)[C@@H](C)CN1C(=O)C1(C)CCS1(=O)=O. The van der Waals surface area contributed by atoms with Crippen molar-refractivity contribution in [3.8, 4) is 0 Å². The molecule has 1 unspecified atom stereocenters. The lowest BCUT2D eigenvalue weighted by Crippen LogP contribution is -2.66. The fourth-order valence-corrected chi connectivity index (χ4v) is 7.19. The van der Waals surface area contributed by atoms with Gasteiger partial charge >= 0.3 is 0 Å². The molecule has 12 heteroatoms. The van der Waals surface area contributed by atoms with Crippen molar-refractivity contribution in [2.24, 2.45) is 0 Å². The van der Waals surface area contributed by atoms with E-state index in [-0.39, 0.29) is 34.2 Å². The van der Waals surface area contributed by atoms with E-state index in [1.807, 2.05) is 18.7 Å². The molecule has 0 spiro atoms. The molecule has 3 aliphatic heterocycles. The van der Waals surface area contributed by atoms with E-state index in [9.17, 15) is 17.6 Å². The van der Waals surface area contributed by atoms with E-state index >= 15 is 0 Å². The van der Waals surface area contributed by atoms with Crippen LogP contribution in [-0.4, -0.2) is 76.4 Å². The zero-order valence-electron chi connectivity index (χ0n) is 21.0. The summed E-state index contributed by atoms with van der Waals surface area (Å²) >= 11 is 6.03. The maximum atomic E-state index is 13.7. The van der Waals surface area contributed by atoms with E-state index in [2.05, 4.69) is 33.7 Å². The van der Waals surface area contributed by atoms with Crippen LogP contribution in [0.1, 0.15) is 46.6 Å². The van der Waals surface area contributed by atoms with Crippen LogP contribution < -0.4 is 9.80 Å². The van der Waals surface area contributed by atoms with Gasteiger partial charge in [0, 0.05) is 48.8 Å². The molecule has 1 amide bonds. The Morgan fingerprint density at radius 1 is 1.11 bits per heavy atom. The summed E-state index contributed by atoms with van der Waals surface area (Å²) in [5, 5.41) is -0.00838. The average molecular weight is 537 g/mol. The largest absolute Gasteiger partial charge is 0.350 e. The van der Waals surface area contributed by atoms with Crippen molar-refractivity contribution in [1.82, 2.24) is 19.9 Å². The van der Waals surface area contributed by atoms with Crippen molar-refractivity contribution in [3.05, 3.63) is 35.0 Å². The van der Waals surface area contributed by atoms with Gasteiger partial charge in [0.2, 0.25) is 5.91 Å². The quantitative estimate of drug-likeness (QED) is 0.590. The molecule has 5 rings (SSSR count). The Morgan fingerprint density at radius 3 is 2.42 bits per heavy atom. The van der Waals surface area contributed by atoms with Crippen molar-refractivity contribution in [3.63, 3.8) is 0 Å². The number of rotatable bonds is 3. The number of carbonyl (C=O) groups is 1. The minimum Gasteiger partial charge on any atom is -0.350 e. The van der Waals surface area contributed by atoms with Gasteiger partial charge in [-0.25, -0.2) is 27.8 Å².